The van der Waals surface area contributed by atoms with Gasteiger partial charge in [0.1, 0.15) is 0 Å². The zero-order valence-corrected chi connectivity index (χ0v) is 11.3. The van der Waals surface area contributed by atoms with Gasteiger partial charge in [-0.15, -0.1) is 0 Å². The average molecular weight is 278 g/mol. The number of amides is 1. The lowest BCUT2D eigenvalue weighted by Crippen LogP contribution is -2.15. The lowest BCUT2D eigenvalue weighted by Gasteiger charge is -2.02. The topological polar surface area (TPSA) is 65.8 Å². The van der Waals surface area contributed by atoms with Gasteiger partial charge >= 0.3 is 0 Å². The molecule has 0 aromatic heterocycles. The smallest absolute Gasteiger partial charge is 0.230 e. The van der Waals surface area contributed by atoms with Crippen molar-refractivity contribution in [2.75, 3.05) is 10.7 Å². The van der Waals surface area contributed by atoms with E-state index in [0.29, 0.717) is 5.71 Å². The third kappa shape index (κ3) is 3.33. The van der Waals surface area contributed by atoms with E-state index >= 15 is 0 Å². The number of carbonyl (C=O) groups is 1. The Bertz CT molecular complexity index is 707. The van der Waals surface area contributed by atoms with Crippen molar-refractivity contribution in [3.05, 3.63) is 54.6 Å². The highest BCUT2D eigenvalue weighted by atomic mass is 16.1. The first-order chi connectivity index (χ1) is 10.3. The van der Waals surface area contributed by atoms with E-state index in [1.54, 1.807) is 6.21 Å². The number of fused-ring (bicyclic) bond motifs is 1. The Morgan fingerprint density at radius 2 is 1.86 bits per heavy atom. The second-order valence-electron chi connectivity index (χ2n) is 4.58. The van der Waals surface area contributed by atoms with Gasteiger partial charge in [-0.1, -0.05) is 30.3 Å². The number of benzene rings is 2. The molecule has 2 aromatic rings. The summed E-state index contributed by atoms with van der Waals surface area (Å²) in [6.45, 7) is 0. The number of hydrogen-bond acceptors (Lipinski definition) is 4. The standard InChI is InChI=1S/C16H14N4O/c21-16-10-13(11-17-20-12-6-2-1-3-7-12)18-14-8-4-5-9-15(14)19-16/h1-9,11,20H,10H2,(H,19,21)/b17-11+. The average Bonchev–Trinajstić information content (AvgIpc) is 2.66. The monoisotopic (exact) mass is 278 g/mol. The van der Waals surface area contributed by atoms with Gasteiger partial charge in [0.25, 0.3) is 0 Å². The van der Waals surface area contributed by atoms with Crippen LogP contribution in [-0.2, 0) is 4.79 Å². The van der Waals surface area contributed by atoms with Gasteiger partial charge in [0.05, 0.1) is 35.4 Å². The molecule has 1 aliphatic heterocycles. The van der Waals surface area contributed by atoms with Crippen LogP contribution in [0.3, 0.4) is 0 Å². The van der Waals surface area contributed by atoms with Crippen molar-refractivity contribution in [3.8, 4) is 0 Å². The zero-order chi connectivity index (χ0) is 14.5. The summed E-state index contributed by atoms with van der Waals surface area (Å²) in [5.74, 6) is -0.0927. The van der Waals surface area contributed by atoms with E-state index in [1.807, 2.05) is 54.6 Å². The quantitative estimate of drug-likeness (QED) is 0.669. The van der Waals surface area contributed by atoms with E-state index in [9.17, 15) is 4.79 Å². The molecular weight excluding hydrogens is 264 g/mol. The molecule has 1 heterocycles. The van der Waals surface area contributed by atoms with Crippen molar-refractivity contribution in [2.24, 2.45) is 10.1 Å². The summed E-state index contributed by atoms with van der Waals surface area (Å²) in [6, 6.07) is 17.0. The van der Waals surface area contributed by atoms with E-state index in [4.69, 9.17) is 0 Å². The Balaban J connectivity index is 1.78. The SMILES string of the molecule is O=C1CC(/C=N/Nc2ccccc2)=Nc2ccccc2N1. The van der Waals surface area contributed by atoms with Crippen LogP contribution in [-0.4, -0.2) is 17.8 Å². The first-order valence-electron chi connectivity index (χ1n) is 6.62. The molecule has 3 rings (SSSR count). The zero-order valence-electron chi connectivity index (χ0n) is 11.3. The van der Waals surface area contributed by atoms with E-state index in [1.165, 1.54) is 0 Å². The molecule has 0 atom stereocenters. The molecule has 0 aliphatic carbocycles. The highest BCUT2D eigenvalue weighted by Crippen LogP contribution is 2.26. The molecule has 5 heteroatoms. The van der Waals surface area contributed by atoms with Crippen LogP contribution in [0.4, 0.5) is 17.1 Å². The van der Waals surface area contributed by atoms with Crippen molar-refractivity contribution < 1.29 is 4.79 Å². The van der Waals surface area contributed by atoms with Crippen LogP contribution >= 0.6 is 0 Å². The normalized spacial score (nSPS) is 14.1. The van der Waals surface area contributed by atoms with Gasteiger partial charge in [0.15, 0.2) is 0 Å². The van der Waals surface area contributed by atoms with Gasteiger partial charge in [0, 0.05) is 0 Å². The number of carbonyl (C=O) groups excluding carboxylic acids is 1. The van der Waals surface area contributed by atoms with Crippen molar-refractivity contribution in [2.45, 2.75) is 6.42 Å². The Morgan fingerprint density at radius 1 is 1.10 bits per heavy atom. The van der Waals surface area contributed by atoms with Gasteiger partial charge in [-0.05, 0) is 24.3 Å². The number of nitrogens with one attached hydrogen (secondary N) is 2. The Hall–Kier alpha value is -2.95. The molecule has 1 aliphatic rings. The van der Waals surface area contributed by atoms with Crippen molar-refractivity contribution >= 4 is 34.9 Å². The van der Waals surface area contributed by atoms with Crippen LogP contribution < -0.4 is 10.7 Å². The van der Waals surface area contributed by atoms with E-state index in [-0.39, 0.29) is 12.3 Å². The molecule has 5 nitrogen and oxygen atoms in total. The molecule has 21 heavy (non-hydrogen) atoms. The predicted molar refractivity (Wildman–Crippen MR) is 85.3 cm³/mol. The van der Waals surface area contributed by atoms with E-state index in [0.717, 1.165) is 17.1 Å². The number of hydrogen-bond donors (Lipinski definition) is 2. The second kappa shape index (κ2) is 6.00. The number of nitrogens with zero attached hydrogens (tertiary/aromatic N) is 2. The lowest BCUT2D eigenvalue weighted by molar-refractivity contribution is -0.115. The maximum Gasteiger partial charge on any atom is 0.230 e. The van der Waals surface area contributed by atoms with Gasteiger partial charge in [-0.2, -0.15) is 5.10 Å². The van der Waals surface area contributed by atoms with Crippen LogP contribution in [0.15, 0.2) is 64.7 Å². The second-order valence-corrected chi connectivity index (χ2v) is 4.58. The highest BCUT2D eigenvalue weighted by Gasteiger charge is 2.13. The molecule has 2 aromatic carbocycles. The Morgan fingerprint density at radius 3 is 2.71 bits per heavy atom. The number of anilines is 2. The van der Waals surface area contributed by atoms with E-state index in [2.05, 4.69) is 20.8 Å². The maximum atomic E-state index is 11.8. The fourth-order valence-corrected chi connectivity index (χ4v) is 2.00. The summed E-state index contributed by atoms with van der Waals surface area (Å²) in [6.07, 6.45) is 1.78. The minimum Gasteiger partial charge on any atom is -0.324 e. The summed E-state index contributed by atoms with van der Waals surface area (Å²) >= 11 is 0. The van der Waals surface area contributed by atoms with E-state index < -0.39 is 0 Å². The molecule has 0 spiro atoms. The fraction of sp³-hybridized carbons (Fsp3) is 0.0625. The van der Waals surface area contributed by atoms with Crippen LogP contribution in [0.25, 0.3) is 0 Å². The number of hydrazone groups is 1. The van der Waals surface area contributed by atoms with Crippen molar-refractivity contribution in [1.29, 1.82) is 0 Å². The van der Waals surface area contributed by atoms with Gasteiger partial charge in [-0.3, -0.25) is 10.2 Å². The first-order valence-corrected chi connectivity index (χ1v) is 6.62. The highest BCUT2D eigenvalue weighted by molar-refractivity contribution is 6.36. The minimum atomic E-state index is -0.0927. The number of aliphatic imine (C=N–C) groups is 1. The largest absolute Gasteiger partial charge is 0.324 e. The van der Waals surface area contributed by atoms with Crippen LogP contribution in [0, 0.1) is 0 Å². The molecule has 0 radical (unpaired) electrons. The number of rotatable bonds is 3. The van der Waals surface area contributed by atoms with Crippen molar-refractivity contribution in [1.82, 2.24) is 0 Å². The summed E-state index contributed by atoms with van der Waals surface area (Å²) in [5, 5.41) is 6.95. The molecule has 104 valence electrons. The van der Waals surface area contributed by atoms with Gasteiger partial charge in [-0.25, -0.2) is 4.99 Å². The molecule has 0 saturated heterocycles. The Labute approximate surface area is 122 Å². The molecule has 0 unspecified atom stereocenters. The predicted octanol–water partition coefficient (Wildman–Crippen LogP) is 3.20. The molecule has 0 bridgehead atoms. The maximum absolute atomic E-state index is 11.8. The van der Waals surface area contributed by atoms with Gasteiger partial charge < -0.3 is 5.32 Å². The lowest BCUT2D eigenvalue weighted by atomic mass is 10.3. The van der Waals surface area contributed by atoms with Gasteiger partial charge in [0.2, 0.25) is 5.91 Å². The summed E-state index contributed by atoms with van der Waals surface area (Å²) in [5.41, 5.74) is 5.87. The summed E-state index contributed by atoms with van der Waals surface area (Å²) in [4.78, 5) is 16.3. The minimum absolute atomic E-state index is 0.0927. The van der Waals surface area contributed by atoms with Crippen molar-refractivity contribution in [3.63, 3.8) is 0 Å². The van der Waals surface area contributed by atoms with Crippen LogP contribution in [0.2, 0.25) is 0 Å². The number of para-hydroxylation sites is 3. The molecule has 0 saturated carbocycles. The Kier molecular flexibility index (Phi) is 3.73. The third-order valence-corrected chi connectivity index (χ3v) is 2.96. The summed E-state index contributed by atoms with van der Waals surface area (Å²) < 4.78 is 0. The molecular formula is C16H14N4O. The first kappa shape index (κ1) is 13.1. The molecule has 0 fully saturated rings. The fourth-order valence-electron chi connectivity index (χ4n) is 2.00. The summed E-state index contributed by atoms with van der Waals surface area (Å²) in [7, 11) is 0. The van der Waals surface area contributed by atoms with Crippen LogP contribution in [0.1, 0.15) is 6.42 Å². The van der Waals surface area contributed by atoms with Crippen LogP contribution in [0.5, 0.6) is 0 Å². The molecule has 1 amide bonds. The molecule has 2 N–H and O–H groups in total. The third-order valence-electron chi connectivity index (χ3n) is 2.96.